The number of anilines is 1. The minimum absolute atomic E-state index is 0.117. The largest absolute Gasteiger partial charge is 0.399 e. The van der Waals surface area contributed by atoms with E-state index in [4.69, 9.17) is 5.73 Å². The highest BCUT2D eigenvalue weighted by Crippen LogP contribution is 2.31. The zero-order chi connectivity index (χ0) is 13.2. The minimum atomic E-state index is -3.57. The highest BCUT2D eigenvalue weighted by Gasteiger charge is 2.18. The Morgan fingerprint density at radius 2 is 2.22 bits per heavy atom. The van der Waals surface area contributed by atoms with Gasteiger partial charge in [-0.2, -0.15) is 5.10 Å². The van der Waals surface area contributed by atoms with Crippen LogP contribution in [-0.4, -0.2) is 30.6 Å². The van der Waals surface area contributed by atoms with Gasteiger partial charge in [0.05, 0.1) is 4.90 Å². The lowest BCUT2D eigenvalue weighted by Crippen LogP contribution is -2.19. The monoisotopic (exact) mass is 285 g/mol. The molecule has 96 valence electrons. The molecule has 0 bridgehead atoms. The summed E-state index contributed by atoms with van der Waals surface area (Å²) >= 11 is 1.17. The molecule has 0 aliphatic carbocycles. The van der Waals surface area contributed by atoms with Crippen molar-refractivity contribution in [3.63, 3.8) is 0 Å². The number of hydrogen-bond donors (Lipinski definition) is 3. The fourth-order valence-corrected chi connectivity index (χ4v) is 3.28. The van der Waals surface area contributed by atoms with Crippen molar-refractivity contribution in [2.75, 3.05) is 12.8 Å². The summed E-state index contributed by atoms with van der Waals surface area (Å²) in [5.41, 5.74) is 6.00. The zero-order valence-electron chi connectivity index (χ0n) is 9.41. The Balaban J connectivity index is 2.47. The van der Waals surface area contributed by atoms with Crippen LogP contribution in [0.4, 0.5) is 5.69 Å². The number of aromatic amines is 1. The second kappa shape index (κ2) is 4.96. The zero-order valence-corrected chi connectivity index (χ0v) is 11.0. The van der Waals surface area contributed by atoms with Gasteiger partial charge in [0.1, 0.15) is 6.33 Å². The summed E-state index contributed by atoms with van der Waals surface area (Å²) in [5, 5.41) is 6.86. The third kappa shape index (κ3) is 2.63. The van der Waals surface area contributed by atoms with E-state index in [0.29, 0.717) is 15.7 Å². The van der Waals surface area contributed by atoms with E-state index in [1.807, 2.05) is 0 Å². The Hall–Kier alpha value is -1.58. The predicted molar refractivity (Wildman–Crippen MR) is 67.6 cm³/mol. The SMILES string of the molecule is CNS(=O)(=O)c1cc(N)ccc1Sc1ncn[nH]1. The van der Waals surface area contributed by atoms with Gasteiger partial charge < -0.3 is 5.73 Å². The molecule has 1 aromatic carbocycles. The lowest BCUT2D eigenvalue weighted by Gasteiger charge is -2.08. The first kappa shape index (κ1) is 12.9. The first-order chi connectivity index (χ1) is 8.53. The third-order valence-corrected chi connectivity index (χ3v) is 4.67. The van der Waals surface area contributed by atoms with Gasteiger partial charge >= 0.3 is 0 Å². The normalized spacial score (nSPS) is 11.6. The first-order valence-corrected chi connectivity index (χ1v) is 7.19. The molecule has 0 aliphatic heterocycles. The van der Waals surface area contributed by atoms with E-state index >= 15 is 0 Å². The van der Waals surface area contributed by atoms with Gasteiger partial charge in [0.2, 0.25) is 10.0 Å². The standard InChI is InChI=1S/C9H11N5O2S2/c1-11-18(15,16)8-4-6(10)2-3-7(8)17-9-12-5-13-14-9/h2-5,11H,10H2,1H3,(H,12,13,14). The van der Waals surface area contributed by atoms with Crippen molar-refractivity contribution >= 4 is 27.5 Å². The van der Waals surface area contributed by atoms with Crippen LogP contribution in [-0.2, 0) is 10.0 Å². The molecular formula is C9H11N5O2S2. The summed E-state index contributed by atoms with van der Waals surface area (Å²) in [4.78, 5) is 4.57. The summed E-state index contributed by atoms with van der Waals surface area (Å²) in [7, 11) is -2.22. The molecule has 0 unspecified atom stereocenters. The molecule has 0 radical (unpaired) electrons. The van der Waals surface area contributed by atoms with Crippen LogP contribution >= 0.6 is 11.8 Å². The van der Waals surface area contributed by atoms with Crippen molar-refractivity contribution in [1.82, 2.24) is 19.9 Å². The maximum Gasteiger partial charge on any atom is 0.241 e. The van der Waals surface area contributed by atoms with Crippen LogP contribution in [0.25, 0.3) is 0 Å². The van der Waals surface area contributed by atoms with E-state index in [1.54, 1.807) is 12.1 Å². The molecule has 4 N–H and O–H groups in total. The molecular weight excluding hydrogens is 274 g/mol. The van der Waals surface area contributed by atoms with Crippen LogP contribution in [0.3, 0.4) is 0 Å². The number of sulfonamides is 1. The number of nitrogens with one attached hydrogen (secondary N) is 2. The van der Waals surface area contributed by atoms with E-state index in [-0.39, 0.29) is 4.90 Å². The first-order valence-electron chi connectivity index (χ1n) is 4.89. The smallest absolute Gasteiger partial charge is 0.241 e. The van der Waals surface area contributed by atoms with Crippen molar-refractivity contribution in [3.8, 4) is 0 Å². The molecule has 2 aromatic rings. The van der Waals surface area contributed by atoms with E-state index < -0.39 is 10.0 Å². The summed E-state index contributed by atoms with van der Waals surface area (Å²) < 4.78 is 26.0. The summed E-state index contributed by atoms with van der Waals surface area (Å²) in [6.45, 7) is 0. The molecule has 0 saturated carbocycles. The van der Waals surface area contributed by atoms with E-state index in [0.717, 1.165) is 0 Å². The topological polar surface area (TPSA) is 114 Å². The van der Waals surface area contributed by atoms with Crippen molar-refractivity contribution in [1.29, 1.82) is 0 Å². The molecule has 0 amide bonds. The molecule has 2 rings (SSSR count). The fourth-order valence-electron chi connectivity index (χ4n) is 1.28. The third-order valence-electron chi connectivity index (χ3n) is 2.13. The molecule has 0 spiro atoms. The van der Waals surface area contributed by atoms with Gasteiger partial charge in [-0.3, -0.25) is 5.10 Å². The molecule has 18 heavy (non-hydrogen) atoms. The highest BCUT2D eigenvalue weighted by atomic mass is 32.2. The van der Waals surface area contributed by atoms with Gasteiger partial charge in [0.25, 0.3) is 0 Å². The summed E-state index contributed by atoms with van der Waals surface area (Å²) in [6, 6.07) is 4.67. The number of nitrogens with zero attached hydrogens (tertiary/aromatic N) is 2. The average molecular weight is 285 g/mol. The van der Waals surface area contributed by atoms with Crippen LogP contribution in [0.2, 0.25) is 0 Å². The van der Waals surface area contributed by atoms with Gasteiger partial charge in [-0.05, 0) is 37.0 Å². The number of nitrogens with two attached hydrogens (primary N) is 1. The maximum atomic E-state index is 11.9. The second-order valence-corrected chi connectivity index (χ2v) is 6.19. The van der Waals surface area contributed by atoms with Gasteiger partial charge in [-0.15, -0.1) is 0 Å². The quantitative estimate of drug-likeness (QED) is 0.703. The lowest BCUT2D eigenvalue weighted by molar-refractivity contribution is 0.586. The van der Waals surface area contributed by atoms with E-state index in [1.165, 1.54) is 31.2 Å². The molecule has 7 nitrogen and oxygen atoms in total. The van der Waals surface area contributed by atoms with Crippen LogP contribution in [0, 0.1) is 0 Å². The lowest BCUT2D eigenvalue weighted by atomic mass is 10.3. The average Bonchev–Trinajstić information content (AvgIpc) is 2.84. The number of hydrogen-bond acceptors (Lipinski definition) is 6. The number of rotatable bonds is 4. The van der Waals surface area contributed by atoms with Crippen molar-refractivity contribution in [3.05, 3.63) is 24.5 Å². The minimum Gasteiger partial charge on any atom is -0.399 e. The maximum absolute atomic E-state index is 11.9. The molecule has 0 saturated heterocycles. The molecule has 0 fully saturated rings. The predicted octanol–water partition coefficient (Wildman–Crippen LogP) is 0.446. The Morgan fingerprint density at radius 1 is 1.44 bits per heavy atom. The Bertz CT molecular complexity index is 639. The number of H-pyrrole nitrogens is 1. The second-order valence-electron chi connectivity index (χ2n) is 3.31. The van der Waals surface area contributed by atoms with Crippen LogP contribution in [0.5, 0.6) is 0 Å². The number of benzene rings is 1. The Labute approximate surface area is 108 Å². The molecule has 1 heterocycles. The number of nitrogen functional groups attached to an aromatic ring is 1. The molecule has 0 aliphatic rings. The van der Waals surface area contributed by atoms with E-state index in [2.05, 4.69) is 19.9 Å². The Kier molecular flexibility index (Phi) is 3.55. The summed E-state index contributed by atoms with van der Waals surface area (Å²) in [5.74, 6) is 0. The van der Waals surface area contributed by atoms with Crippen LogP contribution in [0.1, 0.15) is 0 Å². The van der Waals surface area contributed by atoms with Crippen LogP contribution < -0.4 is 10.5 Å². The van der Waals surface area contributed by atoms with Gasteiger partial charge in [-0.25, -0.2) is 18.1 Å². The van der Waals surface area contributed by atoms with Crippen molar-refractivity contribution in [2.45, 2.75) is 14.9 Å². The highest BCUT2D eigenvalue weighted by molar-refractivity contribution is 8.00. The van der Waals surface area contributed by atoms with Crippen molar-refractivity contribution in [2.24, 2.45) is 0 Å². The Morgan fingerprint density at radius 3 is 2.83 bits per heavy atom. The van der Waals surface area contributed by atoms with E-state index in [9.17, 15) is 8.42 Å². The summed E-state index contributed by atoms with van der Waals surface area (Å²) in [6.07, 6.45) is 1.35. The molecule has 1 aromatic heterocycles. The molecule has 0 atom stereocenters. The van der Waals surface area contributed by atoms with Crippen molar-refractivity contribution < 1.29 is 8.42 Å². The van der Waals surface area contributed by atoms with Crippen LogP contribution in [0.15, 0.2) is 39.5 Å². The van der Waals surface area contributed by atoms with Gasteiger partial charge in [-0.1, -0.05) is 0 Å². The van der Waals surface area contributed by atoms with Gasteiger partial charge in [0.15, 0.2) is 5.16 Å². The molecule has 9 heteroatoms. The fraction of sp³-hybridized carbons (Fsp3) is 0.111. The number of aromatic nitrogens is 3. The van der Waals surface area contributed by atoms with Gasteiger partial charge in [0, 0.05) is 10.6 Å².